The number of rotatable bonds is 5. The molecule has 0 radical (unpaired) electrons. The smallest absolute Gasteiger partial charge is 0.264 e. The van der Waals surface area contributed by atoms with Gasteiger partial charge in [-0.2, -0.15) is 5.10 Å². The second-order valence-corrected chi connectivity index (χ2v) is 16.4. The predicted octanol–water partition coefficient (Wildman–Crippen LogP) is 5.52. The third-order valence-electron chi connectivity index (χ3n) is 6.52. The Labute approximate surface area is 228 Å². The van der Waals surface area contributed by atoms with Crippen LogP contribution in [0.4, 0.5) is 0 Å². The third kappa shape index (κ3) is 5.27. The Morgan fingerprint density at radius 2 is 1.85 bits per heavy atom. The summed E-state index contributed by atoms with van der Waals surface area (Å²) >= 11 is 0. The first-order valence-corrected chi connectivity index (χ1v) is 16.7. The van der Waals surface area contributed by atoms with Gasteiger partial charge in [0, 0.05) is 35.4 Å². The maximum Gasteiger partial charge on any atom is 0.264 e. The van der Waals surface area contributed by atoms with Gasteiger partial charge in [0.05, 0.1) is 25.2 Å². The van der Waals surface area contributed by atoms with Crippen LogP contribution in [-0.2, 0) is 0 Å². The van der Waals surface area contributed by atoms with Crippen molar-refractivity contribution in [2.24, 2.45) is 0 Å². The molecule has 0 saturated heterocycles. The summed E-state index contributed by atoms with van der Waals surface area (Å²) in [5.74, 6) is 6.28. The van der Waals surface area contributed by atoms with Crippen LogP contribution in [-0.4, -0.2) is 33.1 Å². The molecule has 0 aliphatic carbocycles. The fraction of sp³-hybridized carbons (Fsp3) is 0.226. The van der Waals surface area contributed by atoms with Crippen LogP contribution in [0.3, 0.4) is 0 Å². The molecule has 0 fully saturated rings. The Balaban J connectivity index is 1.63. The normalized spacial score (nSPS) is 12.2. The Kier molecular flexibility index (Phi) is 6.94. The van der Waals surface area contributed by atoms with Crippen molar-refractivity contribution in [3.8, 4) is 17.5 Å². The molecule has 1 N–H and O–H groups in total. The Morgan fingerprint density at radius 1 is 1.08 bits per heavy atom. The molecule has 1 amide bonds. The van der Waals surface area contributed by atoms with E-state index in [-0.39, 0.29) is 11.5 Å². The van der Waals surface area contributed by atoms with Gasteiger partial charge in [-0.3, -0.25) is 14.2 Å². The molecule has 0 aliphatic rings. The summed E-state index contributed by atoms with van der Waals surface area (Å²) in [6.45, 7) is 10.5. The lowest BCUT2D eigenvalue weighted by atomic mass is 10.0. The third-order valence-corrected chi connectivity index (χ3v) is 7.76. The maximum atomic E-state index is 14.1. The lowest BCUT2D eigenvalue weighted by Crippen LogP contribution is -2.32. The minimum absolute atomic E-state index is 0.165. The van der Waals surface area contributed by atoms with Gasteiger partial charge in [0.2, 0.25) is 0 Å². The predicted molar refractivity (Wildman–Crippen MR) is 158 cm³/mol. The molecule has 5 aromatic rings. The van der Waals surface area contributed by atoms with E-state index in [2.05, 4.69) is 46.9 Å². The average Bonchev–Trinajstić information content (AvgIpc) is 3.24. The van der Waals surface area contributed by atoms with Gasteiger partial charge in [-0.25, -0.2) is 9.50 Å². The summed E-state index contributed by atoms with van der Waals surface area (Å²) in [4.78, 5) is 32.0. The minimum Gasteiger partial charge on any atom is -0.344 e. The molecule has 2 aromatic carbocycles. The van der Waals surface area contributed by atoms with Crippen LogP contribution in [0, 0.1) is 18.8 Å². The first-order valence-electron chi connectivity index (χ1n) is 13.0. The Bertz CT molecular complexity index is 1820. The quantitative estimate of drug-likeness (QED) is 0.238. The molecular formula is C31H31N5O2Si. The number of carbonyl (C=O) groups is 1. The zero-order valence-corrected chi connectivity index (χ0v) is 23.8. The molecule has 8 heteroatoms. The lowest BCUT2D eigenvalue weighted by Gasteiger charge is -2.21. The summed E-state index contributed by atoms with van der Waals surface area (Å²) in [5.41, 5.74) is 3.43. The van der Waals surface area contributed by atoms with Crippen LogP contribution in [0.25, 0.3) is 22.1 Å². The number of amides is 1. The zero-order chi connectivity index (χ0) is 27.7. The number of aromatic nitrogens is 4. The number of hydrogen-bond donors (Lipinski definition) is 1. The molecule has 0 spiro atoms. The molecule has 0 bridgehead atoms. The second kappa shape index (κ2) is 10.3. The van der Waals surface area contributed by atoms with Crippen LogP contribution < -0.4 is 10.9 Å². The van der Waals surface area contributed by atoms with Gasteiger partial charge in [0.15, 0.2) is 5.65 Å². The van der Waals surface area contributed by atoms with Crippen LogP contribution in [0.2, 0.25) is 25.7 Å². The average molecular weight is 534 g/mol. The van der Waals surface area contributed by atoms with Gasteiger partial charge in [-0.1, -0.05) is 55.9 Å². The SMILES string of the molecule is Cc1nn2cccnc2c1C(=O)N[C@@H](C)c1cc2cccc(C#CC[Si](C)(C)C)c2c(=O)n1-c1ccccc1. The van der Waals surface area contributed by atoms with Gasteiger partial charge in [0.1, 0.15) is 5.56 Å². The van der Waals surface area contributed by atoms with Gasteiger partial charge in [-0.05, 0) is 49.6 Å². The Morgan fingerprint density at radius 3 is 2.59 bits per heavy atom. The number of hydrogen-bond acceptors (Lipinski definition) is 4. The fourth-order valence-corrected chi connectivity index (χ4v) is 5.28. The van der Waals surface area contributed by atoms with Gasteiger partial charge in [-0.15, -0.1) is 5.92 Å². The molecule has 3 aromatic heterocycles. The van der Waals surface area contributed by atoms with E-state index in [9.17, 15) is 9.59 Å². The van der Waals surface area contributed by atoms with Crippen LogP contribution >= 0.6 is 0 Å². The molecule has 196 valence electrons. The maximum absolute atomic E-state index is 14.1. The van der Waals surface area contributed by atoms with Crippen LogP contribution in [0.5, 0.6) is 0 Å². The first-order chi connectivity index (χ1) is 18.6. The molecule has 7 nitrogen and oxygen atoms in total. The topological polar surface area (TPSA) is 81.3 Å². The monoisotopic (exact) mass is 533 g/mol. The Hall–Kier alpha value is -4.48. The zero-order valence-electron chi connectivity index (χ0n) is 22.8. The molecule has 1 atom stereocenters. The van der Waals surface area contributed by atoms with Crippen LogP contribution in [0.1, 0.15) is 40.3 Å². The highest BCUT2D eigenvalue weighted by molar-refractivity contribution is 6.76. The van der Waals surface area contributed by atoms with Crippen molar-refractivity contribution in [2.75, 3.05) is 0 Å². The highest BCUT2D eigenvalue weighted by Gasteiger charge is 2.23. The number of benzene rings is 2. The summed E-state index contributed by atoms with van der Waals surface area (Å²) in [5, 5.41) is 8.86. The molecule has 0 unspecified atom stereocenters. The van der Waals surface area contributed by atoms with Crippen molar-refractivity contribution < 1.29 is 4.79 Å². The van der Waals surface area contributed by atoms with E-state index >= 15 is 0 Å². The summed E-state index contributed by atoms with van der Waals surface area (Å²) < 4.78 is 3.27. The molecule has 0 saturated carbocycles. The van der Waals surface area contributed by atoms with E-state index < -0.39 is 14.1 Å². The minimum atomic E-state index is -1.35. The number of nitrogens with zero attached hydrogens (tertiary/aromatic N) is 4. The molecule has 3 heterocycles. The van der Waals surface area contributed by atoms with Gasteiger partial charge < -0.3 is 5.32 Å². The molecule has 0 aliphatic heterocycles. The first kappa shape index (κ1) is 26.1. The van der Waals surface area contributed by atoms with Crippen molar-refractivity contribution in [3.63, 3.8) is 0 Å². The van der Waals surface area contributed by atoms with E-state index in [4.69, 9.17) is 0 Å². The highest BCUT2D eigenvalue weighted by atomic mass is 28.3. The fourth-order valence-electron chi connectivity index (χ4n) is 4.66. The summed E-state index contributed by atoms with van der Waals surface area (Å²) in [6.07, 6.45) is 3.40. The number of fused-ring (bicyclic) bond motifs is 2. The van der Waals surface area contributed by atoms with Gasteiger partial charge in [0.25, 0.3) is 11.5 Å². The van der Waals surface area contributed by atoms with Crippen LogP contribution in [0.15, 0.2) is 77.9 Å². The largest absolute Gasteiger partial charge is 0.344 e. The van der Waals surface area contributed by atoms with E-state index in [1.807, 2.05) is 61.5 Å². The molecular weight excluding hydrogens is 502 g/mol. The van der Waals surface area contributed by atoms with Crippen molar-refractivity contribution in [2.45, 2.75) is 45.6 Å². The number of aryl methyl sites for hydroxylation is 1. The number of nitrogens with one attached hydrogen (secondary N) is 1. The highest BCUT2D eigenvalue weighted by Crippen LogP contribution is 2.24. The summed E-state index contributed by atoms with van der Waals surface area (Å²) in [7, 11) is -1.35. The standard InChI is InChI=1S/C31H31N5O2Si/c1-21(33-30(37)27-22(2)34-35-18-11-17-32-29(27)35)26-20-24-13-9-12-23(14-10-19-39(3,4)5)28(24)31(38)36(26)25-15-7-6-8-16-25/h6-9,11-13,15-18,20-21H,19H2,1-5H3,(H,33,37)/t21-/m0/s1. The number of carbonyl (C=O) groups excluding carboxylic acids is 1. The van der Waals surface area contributed by atoms with Crippen molar-refractivity contribution >= 4 is 30.4 Å². The summed E-state index contributed by atoms with van der Waals surface area (Å²) in [6, 6.07) is 19.3. The van der Waals surface area contributed by atoms with Gasteiger partial charge >= 0.3 is 0 Å². The number of pyridine rings is 1. The lowest BCUT2D eigenvalue weighted by molar-refractivity contribution is 0.0939. The van der Waals surface area contributed by atoms with Crippen molar-refractivity contribution in [3.05, 3.63) is 106 Å². The van der Waals surface area contributed by atoms with E-state index in [1.165, 1.54) is 0 Å². The van der Waals surface area contributed by atoms with Crippen molar-refractivity contribution in [1.82, 2.24) is 24.5 Å². The second-order valence-electron chi connectivity index (χ2n) is 10.9. The van der Waals surface area contributed by atoms with E-state index in [0.29, 0.717) is 28.0 Å². The van der Waals surface area contributed by atoms with Crippen molar-refractivity contribution in [1.29, 1.82) is 0 Å². The number of para-hydroxylation sites is 1. The van der Waals surface area contributed by atoms with E-state index in [1.54, 1.807) is 34.5 Å². The van der Waals surface area contributed by atoms with E-state index in [0.717, 1.165) is 22.7 Å². The molecule has 39 heavy (non-hydrogen) atoms. The molecule has 5 rings (SSSR count).